The standard InChI is InChI=1S/C14H20N4O2/c15-12-5-1-6-13(14(12)18(19)20)17-9-3-8-16-7-2-4-11(16)10-17/h1,5-6,11H,2-4,7-10,15H2. The van der Waals surface area contributed by atoms with Gasteiger partial charge in [0.1, 0.15) is 11.4 Å². The highest BCUT2D eigenvalue weighted by molar-refractivity contribution is 5.75. The van der Waals surface area contributed by atoms with Crippen LogP contribution in [0.25, 0.3) is 0 Å². The molecule has 1 atom stereocenters. The molecule has 0 amide bonds. The van der Waals surface area contributed by atoms with Gasteiger partial charge in [-0.1, -0.05) is 6.07 Å². The van der Waals surface area contributed by atoms with Crippen LogP contribution < -0.4 is 10.6 Å². The first-order valence-electron chi connectivity index (χ1n) is 7.18. The molecule has 1 unspecified atom stereocenters. The van der Waals surface area contributed by atoms with Gasteiger partial charge in [0.2, 0.25) is 0 Å². The van der Waals surface area contributed by atoms with Crippen molar-refractivity contribution in [1.29, 1.82) is 0 Å². The molecule has 0 bridgehead atoms. The van der Waals surface area contributed by atoms with Crippen molar-refractivity contribution in [2.24, 2.45) is 0 Å². The SMILES string of the molecule is Nc1cccc(N2CCCN3CCCC3C2)c1[N+](=O)[O-]. The number of nitrogens with zero attached hydrogens (tertiary/aromatic N) is 3. The molecule has 2 N–H and O–H groups in total. The lowest BCUT2D eigenvalue weighted by atomic mass is 10.1. The fourth-order valence-electron chi connectivity index (χ4n) is 3.43. The molecule has 0 aromatic heterocycles. The van der Waals surface area contributed by atoms with Crippen molar-refractivity contribution in [3.63, 3.8) is 0 Å². The molecule has 2 heterocycles. The van der Waals surface area contributed by atoms with E-state index in [4.69, 9.17) is 5.73 Å². The van der Waals surface area contributed by atoms with Crippen LogP contribution in [-0.2, 0) is 0 Å². The van der Waals surface area contributed by atoms with Gasteiger partial charge in [-0.05, 0) is 37.9 Å². The molecule has 0 saturated carbocycles. The fourth-order valence-corrected chi connectivity index (χ4v) is 3.43. The first-order chi connectivity index (χ1) is 9.66. The van der Waals surface area contributed by atoms with Crippen molar-refractivity contribution in [3.8, 4) is 0 Å². The summed E-state index contributed by atoms with van der Waals surface area (Å²) < 4.78 is 0. The molecule has 108 valence electrons. The number of fused-ring (bicyclic) bond motifs is 1. The summed E-state index contributed by atoms with van der Waals surface area (Å²) in [5.74, 6) is 0. The van der Waals surface area contributed by atoms with Crippen molar-refractivity contribution < 1.29 is 4.92 Å². The second-order valence-electron chi connectivity index (χ2n) is 5.60. The minimum Gasteiger partial charge on any atom is -0.393 e. The Bertz CT molecular complexity index is 520. The van der Waals surface area contributed by atoms with E-state index in [1.54, 1.807) is 12.1 Å². The van der Waals surface area contributed by atoms with Gasteiger partial charge in [0.15, 0.2) is 0 Å². The molecule has 0 aliphatic carbocycles. The predicted octanol–water partition coefficient (Wildman–Crippen LogP) is 1.85. The number of nitro groups is 1. The highest BCUT2D eigenvalue weighted by atomic mass is 16.6. The van der Waals surface area contributed by atoms with Crippen LogP contribution in [0.1, 0.15) is 19.3 Å². The average molecular weight is 276 g/mol. The van der Waals surface area contributed by atoms with Crippen LogP contribution in [0.15, 0.2) is 18.2 Å². The molecule has 3 rings (SSSR count). The number of hydrogen-bond donors (Lipinski definition) is 1. The Morgan fingerprint density at radius 2 is 2.05 bits per heavy atom. The van der Waals surface area contributed by atoms with Gasteiger partial charge in [0.25, 0.3) is 0 Å². The van der Waals surface area contributed by atoms with Crippen LogP contribution in [0.4, 0.5) is 17.1 Å². The van der Waals surface area contributed by atoms with E-state index in [1.165, 1.54) is 12.8 Å². The zero-order valence-electron chi connectivity index (χ0n) is 11.5. The molecular formula is C14H20N4O2. The largest absolute Gasteiger partial charge is 0.393 e. The Labute approximate surface area is 118 Å². The molecule has 2 aliphatic rings. The van der Waals surface area contributed by atoms with Gasteiger partial charge in [-0.2, -0.15) is 0 Å². The van der Waals surface area contributed by atoms with E-state index in [9.17, 15) is 10.1 Å². The van der Waals surface area contributed by atoms with Crippen LogP contribution in [0.5, 0.6) is 0 Å². The molecule has 2 fully saturated rings. The van der Waals surface area contributed by atoms with E-state index < -0.39 is 0 Å². The molecule has 6 nitrogen and oxygen atoms in total. The van der Waals surface area contributed by atoms with Crippen molar-refractivity contribution >= 4 is 17.1 Å². The number of para-hydroxylation sites is 1. The Morgan fingerprint density at radius 1 is 1.25 bits per heavy atom. The molecule has 1 aromatic rings. The zero-order chi connectivity index (χ0) is 14.1. The first-order valence-corrected chi connectivity index (χ1v) is 7.18. The van der Waals surface area contributed by atoms with E-state index >= 15 is 0 Å². The third-order valence-corrected chi connectivity index (χ3v) is 4.37. The van der Waals surface area contributed by atoms with E-state index in [0.717, 1.165) is 32.6 Å². The Morgan fingerprint density at radius 3 is 2.85 bits per heavy atom. The number of nitro benzene ring substituents is 1. The second-order valence-corrected chi connectivity index (χ2v) is 5.60. The number of rotatable bonds is 2. The first kappa shape index (κ1) is 13.2. The van der Waals surface area contributed by atoms with Gasteiger partial charge >= 0.3 is 5.69 Å². The molecule has 2 aliphatic heterocycles. The van der Waals surface area contributed by atoms with Crippen molar-refractivity contribution in [1.82, 2.24) is 4.90 Å². The Kier molecular flexibility index (Phi) is 3.48. The third kappa shape index (κ3) is 2.31. The third-order valence-electron chi connectivity index (χ3n) is 4.37. The molecule has 0 radical (unpaired) electrons. The summed E-state index contributed by atoms with van der Waals surface area (Å²) in [6.07, 6.45) is 3.46. The quantitative estimate of drug-likeness (QED) is 0.507. The minimum atomic E-state index is -0.359. The highest BCUT2D eigenvalue weighted by Gasteiger charge is 2.31. The van der Waals surface area contributed by atoms with E-state index in [1.807, 2.05) is 6.07 Å². The van der Waals surface area contributed by atoms with Crippen molar-refractivity contribution in [2.75, 3.05) is 36.8 Å². The Balaban J connectivity index is 1.92. The maximum Gasteiger partial charge on any atom is 0.315 e. The van der Waals surface area contributed by atoms with Crippen LogP contribution in [0, 0.1) is 10.1 Å². The van der Waals surface area contributed by atoms with Gasteiger partial charge in [0.05, 0.1) is 4.92 Å². The summed E-state index contributed by atoms with van der Waals surface area (Å²) in [7, 11) is 0. The van der Waals surface area contributed by atoms with Gasteiger partial charge in [-0.15, -0.1) is 0 Å². The number of benzene rings is 1. The van der Waals surface area contributed by atoms with Crippen LogP contribution in [0.2, 0.25) is 0 Å². The van der Waals surface area contributed by atoms with Crippen LogP contribution in [-0.4, -0.2) is 42.0 Å². The molecule has 20 heavy (non-hydrogen) atoms. The lowest BCUT2D eigenvalue weighted by Crippen LogP contribution is -2.36. The lowest BCUT2D eigenvalue weighted by Gasteiger charge is -2.27. The maximum atomic E-state index is 11.3. The van der Waals surface area contributed by atoms with Crippen molar-refractivity contribution in [2.45, 2.75) is 25.3 Å². The summed E-state index contributed by atoms with van der Waals surface area (Å²) >= 11 is 0. The molecular weight excluding hydrogens is 256 g/mol. The van der Waals surface area contributed by atoms with Gasteiger partial charge in [-0.3, -0.25) is 15.0 Å². The highest BCUT2D eigenvalue weighted by Crippen LogP contribution is 2.35. The lowest BCUT2D eigenvalue weighted by molar-refractivity contribution is -0.383. The monoisotopic (exact) mass is 276 g/mol. The number of hydrogen-bond acceptors (Lipinski definition) is 5. The summed E-state index contributed by atoms with van der Waals surface area (Å²) in [6, 6.07) is 5.74. The second kappa shape index (κ2) is 5.28. The van der Waals surface area contributed by atoms with E-state index in [-0.39, 0.29) is 16.3 Å². The fraction of sp³-hybridized carbons (Fsp3) is 0.571. The summed E-state index contributed by atoms with van der Waals surface area (Å²) in [6.45, 7) is 3.98. The van der Waals surface area contributed by atoms with E-state index in [0.29, 0.717) is 11.7 Å². The average Bonchev–Trinajstić information content (AvgIpc) is 2.75. The molecule has 0 spiro atoms. The summed E-state index contributed by atoms with van der Waals surface area (Å²) in [5, 5.41) is 11.3. The van der Waals surface area contributed by atoms with Crippen LogP contribution >= 0.6 is 0 Å². The van der Waals surface area contributed by atoms with Gasteiger partial charge in [0, 0.05) is 25.7 Å². The number of nitrogen functional groups attached to an aromatic ring is 1. The minimum absolute atomic E-state index is 0.0546. The zero-order valence-corrected chi connectivity index (χ0v) is 11.5. The van der Waals surface area contributed by atoms with Gasteiger partial charge in [-0.25, -0.2) is 0 Å². The topological polar surface area (TPSA) is 75.6 Å². The maximum absolute atomic E-state index is 11.3. The molecule has 2 saturated heterocycles. The van der Waals surface area contributed by atoms with Crippen LogP contribution in [0.3, 0.4) is 0 Å². The Hall–Kier alpha value is -1.82. The van der Waals surface area contributed by atoms with Crippen molar-refractivity contribution in [3.05, 3.63) is 28.3 Å². The van der Waals surface area contributed by atoms with Gasteiger partial charge < -0.3 is 10.6 Å². The molecule has 6 heteroatoms. The predicted molar refractivity (Wildman–Crippen MR) is 78.9 cm³/mol. The number of nitrogens with two attached hydrogens (primary N) is 1. The normalized spacial score (nSPS) is 23.4. The smallest absolute Gasteiger partial charge is 0.315 e. The van der Waals surface area contributed by atoms with E-state index in [2.05, 4.69) is 9.80 Å². The summed E-state index contributed by atoms with van der Waals surface area (Å²) in [4.78, 5) is 15.6. The summed E-state index contributed by atoms with van der Waals surface area (Å²) in [5.41, 5.74) is 6.77. The molecule has 1 aromatic carbocycles. The number of anilines is 2.